The molecule has 9 heteroatoms. The van der Waals surface area contributed by atoms with Crippen molar-refractivity contribution in [3.63, 3.8) is 0 Å². The van der Waals surface area contributed by atoms with Gasteiger partial charge in [0.25, 0.3) is 11.5 Å². The Kier molecular flexibility index (Phi) is 5.68. The zero-order valence-corrected chi connectivity index (χ0v) is 18.8. The lowest BCUT2D eigenvalue weighted by Gasteiger charge is -2.36. The Balaban J connectivity index is 1.45. The molecule has 2 aromatic carbocycles. The second kappa shape index (κ2) is 8.78. The average molecular weight is 467 g/mol. The van der Waals surface area contributed by atoms with Crippen molar-refractivity contribution in [2.75, 3.05) is 44.3 Å². The van der Waals surface area contributed by atoms with Crippen molar-refractivity contribution in [3.05, 3.63) is 70.0 Å². The molecule has 170 valence electrons. The van der Waals surface area contributed by atoms with Gasteiger partial charge in [-0.1, -0.05) is 29.8 Å². The van der Waals surface area contributed by atoms with Gasteiger partial charge in [-0.2, -0.15) is 0 Å². The highest BCUT2D eigenvalue weighted by atomic mass is 35.5. The van der Waals surface area contributed by atoms with Crippen LogP contribution < -0.4 is 19.9 Å². The highest BCUT2D eigenvalue weighted by Gasteiger charge is 2.27. The van der Waals surface area contributed by atoms with Gasteiger partial charge in [0.05, 0.1) is 21.5 Å². The van der Waals surface area contributed by atoms with Crippen LogP contribution in [-0.4, -0.2) is 59.8 Å². The first-order valence-corrected chi connectivity index (χ1v) is 11.2. The van der Waals surface area contributed by atoms with Crippen molar-refractivity contribution in [1.82, 2.24) is 14.5 Å². The Bertz CT molecular complexity index is 1300. The predicted octanol–water partition coefficient (Wildman–Crippen LogP) is 2.97. The number of allylic oxidation sites excluding steroid dienone is 1. The molecule has 3 aromatic rings. The number of halogens is 1. The molecule has 33 heavy (non-hydrogen) atoms. The Morgan fingerprint density at radius 1 is 1.09 bits per heavy atom. The Morgan fingerprint density at radius 2 is 1.79 bits per heavy atom. The van der Waals surface area contributed by atoms with Gasteiger partial charge in [-0.15, -0.1) is 6.58 Å². The third-order valence-corrected chi connectivity index (χ3v) is 6.19. The summed E-state index contributed by atoms with van der Waals surface area (Å²) in [7, 11) is 0. The molecule has 0 spiro atoms. The first-order valence-electron chi connectivity index (χ1n) is 10.8. The lowest BCUT2D eigenvalue weighted by Crippen LogP contribution is -2.50. The minimum atomic E-state index is -0.165. The van der Waals surface area contributed by atoms with E-state index in [9.17, 15) is 9.59 Å². The SMILES string of the molecule is C=CCn1c(N2CCN(C(=O)c3ccccc3Cl)CC2)nc2cc3c(cc2c1=O)OCCO3. The molecule has 1 aromatic heterocycles. The molecular formula is C24H23ClN4O4. The van der Waals surface area contributed by atoms with E-state index < -0.39 is 0 Å². The van der Waals surface area contributed by atoms with Crippen LogP contribution in [0.3, 0.4) is 0 Å². The molecule has 0 bridgehead atoms. The van der Waals surface area contributed by atoms with Crippen molar-refractivity contribution in [2.45, 2.75) is 6.54 Å². The van der Waals surface area contributed by atoms with E-state index in [1.165, 1.54) is 0 Å². The van der Waals surface area contributed by atoms with Crippen LogP contribution in [0.25, 0.3) is 10.9 Å². The lowest BCUT2D eigenvalue weighted by molar-refractivity contribution is 0.0746. The molecule has 0 N–H and O–H groups in total. The highest BCUT2D eigenvalue weighted by Crippen LogP contribution is 2.33. The van der Waals surface area contributed by atoms with Gasteiger partial charge in [0.1, 0.15) is 13.2 Å². The number of benzene rings is 2. The van der Waals surface area contributed by atoms with Crippen molar-refractivity contribution in [3.8, 4) is 11.5 Å². The molecule has 0 atom stereocenters. The minimum Gasteiger partial charge on any atom is -0.486 e. The molecular weight excluding hydrogens is 444 g/mol. The van der Waals surface area contributed by atoms with Crippen LogP contribution in [0, 0.1) is 0 Å². The Morgan fingerprint density at radius 3 is 2.48 bits per heavy atom. The number of ether oxygens (including phenoxy) is 2. The number of aromatic nitrogens is 2. The van der Waals surface area contributed by atoms with Gasteiger partial charge in [-0.25, -0.2) is 4.98 Å². The molecule has 0 aliphatic carbocycles. The number of fused-ring (bicyclic) bond motifs is 2. The summed E-state index contributed by atoms with van der Waals surface area (Å²) in [6.07, 6.45) is 1.67. The normalized spacial score (nSPS) is 15.5. The predicted molar refractivity (Wildman–Crippen MR) is 127 cm³/mol. The zero-order valence-electron chi connectivity index (χ0n) is 18.0. The number of hydrogen-bond donors (Lipinski definition) is 0. The van der Waals surface area contributed by atoms with E-state index in [1.54, 1.807) is 51.9 Å². The van der Waals surface area contributed by atoms with E-state index >= 15 is 0 Å². The maximum absolute atomic E-state index is 13.3. The minimum absolute atomic E-state index is 0.0982. The molecule has 2 aliphatic heterocycles. The molecule has 8 nitrogen and oxygen atoms in total. The van der Waals surface area contributed by atoms with Gasteiger partial charge >= 0.3 is 0 Å². The number of amides is 1. The van der Waals surface area contributed by atoms with Crippen LogP contribution in [0.4, 0.5) is 5.95 Å². The third kappa shape index (κ3) is 3.91. The maximum Gasteiger partial charge on any atom is 0.263 e. The van der Waals surface area contributed by atoms with E-state index in [0.29, 0.717) is 84.9 Å². The maximum atomic E-state index is 13.3. The van der Waals surface area contributed by atoms with Crippen molar-refractivity contribution < 1.29 is 14.3 Å². The zero-order chi connectivity index (χ0) is 22.9. The highest BCUT2D eigenvalue weighted by molar-refractivity contribution is 6.33. The van der Waals surface area contributed by atoms with Gasteiger partial charge in [-0.3, -0.25) is 14.2 Å². The van der Waals surface area contributed by atoms with Crippen LogP contribution in [0.1, 0.15) is 10.4 Å². The monoisotopic (exact) mass is 466 g/mol. The summed E-state index contributed by atoms with van der Waals surface area (Å²) in [6.45, 7) is 7.09. The average Bonchev–Trinajstić information content (AvgIpc) is 2.85. The van der Waals surface area contributed by atoms with E-state index in [0.717, 1.165) is 0 Å². The molecule has 0 radical (unpaired) electrons. The largest absolute Gasteiger partial charge is 0.486 e. The summed E-state index contributed by atoms with van der Waals surface area (Å²) in [5.41, 5.74) is 0.877. The summed E-state index contributed by atoms with van der Waals surface area (Å²) >= 11 is 6.21. The van der Waals surface area contributed by atoms with Crippen LogP contribution in [0.15, 0.2) is 53.8 Å². The van der Waals surface area contributed by atoms with Crippen molar-refractivity contribution in [1.29, 1.82) is 0 Å². The quantitative estimate of drug-likeness (QED) is 0.550. The summed E-state index contributed by atoms with van der Waals surface area (Å²) in [5.74, 6) is 1.59. The van der Waals surface area contributed by atoms with E-state index in [4.69, 9.17) is 26.1 Å². The van der Waals surface area contributed by atoms with Gasteiger partial charge in [0.15, 0.2) is 11.5 Å². The van der Waals surface area contributed by atoms with Crippen LogP contribution in [0.2, 0.25) is 5.02 Å². The Labute approximate surface area is 195 Å². The molecule has 0 unspecified atom stereocenters. The standard InChI is InChI=1S/C24H23ClN4O4/c1-2-7-29-23(31)17-14-20-21(33-13-12-32-20)15-19(17)26-24(29)28-10-8-27(9-11-28)22(30)16-5-3-4-6-18(16)25/h2-6,14-15H,1,7-13H2. The lowest BCUT2D eigenvalue weighted by atomic mass is 10.2. The molecule has 1 saturated heterocycles. The van der Waals surface area contributed by atoms with Crippen LogP contribution in [-0.2, 0) is 6.54 Å². The Hall–Kier alpha value is -3.52. The summed E-state index contributed by atoms with van der Waals surface area (Å²) in [5, 5.41) is 0.910. The number of anilines is 1. The summed E-state index contributed by atoms with van der Waals surface area (Å²) in [4.78, 5) is 34.9. The first kappa shape index (κ1) is 21.3. The first-order chi connectivity index (χ1) is 16.1. The van der Waals surface area contributed by atoms with E-state index in [2.05, 4.69) is 6.58 Å². The summed E-state index contributed by atoms with van der Waals surface area (Å²) in [6, 6.07) is 10.5. The number of nitrogens with zero attached hydrogens (tertiary/aromatic N) is 4. The van der Waals surface area contributed by atoms with Crippen LogP contribution in [0.5, 0.6) is 11.5 Å². The summed E-state index contributed by atoms with van der Waals surface area (Å²) < 4.78 is 12.9. The molecule has 5 rings (SSSR count). The van der Waals surface area contributed by atoms with E-state index in [1.807, 2.05) is 4.90 Å². The van der Waals surface area contributed by atoms with Crippen molar-refractivity contribution >= 4 is 34.4 Å². The van der Waals surface area contributed by atoms with E-state index in [-0.39, 0.29) is 11.5 Å². The van der Waals surface area contributed by atoms with Gasteiger partial charge < -0.3 is 19.3 Å². The number of hydrogen-bond acceptors (Lipinski definition) is 6. The second-order valence-electron chi connectivity index (χ2n) is 7.89. The molecule has 2 aliphatic rings. The fourth-order valence-corrected chi connectivity index (χ4v) is 4.41. The van der Waals surface area contributed by atoms with Gasteiger partial charge in [0.2, 0.25) is 5.95 Å². The van der Waals surface area contributed by atoms with Crippen LogP contribution >= 0.6 is 11.6 Å². The smallest absolute Gasteiger partial charge is 0.263 e. The van der Waals surface area contributed by atoms with Gasteiger partial charge in [-0.05, 0) is 18.2 Å². The number of carbonyl (C=O) groups excluding carboxylic acids is 1. The molecule has 0 saturated carbocycles. The molecule has 3 heterocycles. The number of rotatable bonds is 4. The molecule has 1 amide bonds. The fourth-order valence-electron chi connectivity index (χ4n) is 4.20. The second-order valence-corrected chi connectivity index (χ2v) is 8.30. The number of carbonyl (C=O) groups is 1. The van der Waals surface area contributed by atoms with Gasteiger partial charge in [0, 0.05) is 38.8 Å². The third-order valence-electron chi connectivity index (χ3n) is 5.86. The van der Waals surface area contributed by atoms with Crippen molar-refractivity contribution in [2.24, 2.45) is 0 Å². The number of piperazine rings is 1. The molecule has 1 fully saturated rings. The fraction of sp³-hybridized carbons (Fsp3) is 0.292. The topological polar surface area (TPSA) is 76.9 Å².